The predicted molar refractivity (Wildman–Crippen MR) is 79.7 cm³/mol. The SMILES string of the molecule is CCOc1ccc(C(NC)C(OCC)C(C)C)cc1. The van der Waals surface area contributed by atoms with Crippen molar-refractivity contribution >= 4 is 0 Å². The smallest absolute Gasteiger partial charge is 0.119 e. The number of hydrogen-bond acceptors (Lipinski definition) is 3. The molecule has 0 aliphatic rings. The molecular formula is C16H27NO2. The minimum Gasteiger partial charge on any atom is -0.494 e. The van der Waals surface area contributed by atoms with Crippen molar-refractivity contribution < 1.29 is 9.47 Å². The van der Waals surface area contributed by atoms with Crippen molar-refractivity contribution in [2.24, 2.45) is 5.92 Å². The average Bonchev–Trinajstić information content (AvgIpc) is 2.40. The summed E-state index contributed by atoms with van der Waals surface area (Å²) in [6.45, 7) is 9.85. The molecular weight excluding hydrogens is 238 g/mol. The molecule has 2 unspecified atom stereocenters. The van der Waals surface area contributed by atoms with Gasteiger partial charge in [-0.2, -0.15) is 0 Å². The zero-order valence-electron chi connectivity index (χ0n) is 12.8. The molecule has 3 heteroatoms. The third-order valence-electron chi connectivity index (χ3n) is 3.21. The lowest BCUT2D eigenvalue weighted by atomic mass is 9.93. The standard InChI is InChI=1S/C16H27NO2/c1-6-18-14-10-8-13(9-11-14)15(17-5)16(12(3)4)19-7-2/h8-12,15-17H,6-7H2,1-5H3. The lowest BCUT2D eigenvalue weighted by molar-refractivity contribution is 0.00459. The first kappa shape index (κ1) is 16.0. The van der Waals surface area contributed by atoms with Gasteiger partial charge in [0.2, 0.25) is 0 Å². The molecule has 0 aliphatic carbocycles. The maximum atomic E-state index is 5.89. The highest BCUT2D eigenvalue weighted by molar-refractivity contribution is 5.29. The van der Waals surface area contributed by atoms with Crippen LogP contribution in [-0.4, -0.2) is 26.4 Å². The molecule has 3 nitrogen and oxygen atoms in total. The second-order valence-electron chi connectivity index (χ2n) is 4.93. The highest BCUT2D eigenvalue weighted by Gasteiger charge is 2.25. The van der Waals surface area contributed by atoms with E-state index in [0.29, 0.717) is 12.5 Å². The summed E-state index contributed by atoms with van der Waals surface area (Å²) >= 11 is 0. The van der Waals surface area contributed by atoms with Crippen molar-refractivity contribution in [1.82, 2.24) is 5.32 Å². The van der Waals surface area contributed by atoms with E-state index in [2.05, 4.69) is 31.3 Å². The van der Waals surface area contributed by atoms with Gasteiger partial charge in [0.25, 0.3) is 0 Å². The first-order valence-electron chi connectivity index (χ1n) is 7.15. The second-order valence-corrected chi connectivity index (χ2v) is 4.93. The van der Waals surface area contributed by atoms with Crippen LogP contribution in [0.25, 0.3) is 0 Å². The van der Waals surface area contributed by atoms with Gasteiger partial charge >= 0.3 is 0 Å². The molecule has 0 bridgehead atoms. The molecule has 0 saturated carbocycles. The molecule has 108 valence electrons. The van der Waals surface area contributed by atoms with Crippen LogP contribution in [-0.2, 0) is 4.74 Å². The summed E-state index contributed by atoms with van der Waals surface area (Å²) in [6, 6.07) is 8.47. The van der Waals surface area contributed by atoms with Gasteiger partial charge in [0.05, 0.1) is 18.8 Å². The Morgan fingerprint density at radius 2 is 1.68 bits per heavy atom. The number of rotatable bonds is 8. The molecule has 1 rings (SSSR count). The van der Waals surface area contributed by atoms with Gasteiger partial charge in [-0.1, -0.05) is 26.0 Å². The molecule has 0 spiro atoms. The Morgan fingerprint density at radius 1 is 1.05 bits per heavy atom. The summed E-state index contributed by atoms with van der Waals surface area (Å²) < 4.78 is 11.4. The van der Waals surface area contributed by atoms with Gasteiger partial charge in [-0.3, -0.25) is 0 Å². The number of nitrogens with one attached hydrogen (secondary N) is 1. The Hall–Kier alpha value is -1.06. The van der Waals surface area contributed by atoms with E-state index in [0.717, 1.165) is 12.4 Å². The fourth-order valence-corrected chi connectivity index (χ4v) is 2.32. The van der Waals surface area contributed by atoms with E-state index in [1.165, 1.54) is 5.56 Å². The second kappa shape index (κ2) is 8.18. The van der Waals surface area contributed by atoms with Crippen LogP contribution in [0.1, 0.15) is 39.3 Å². The molecule has 0 aromatic heterocycles. The van der Waals surface area contributed by atoms with Gasteiger partial charge in [0.1, 0.15) is 5.75 Å². The molecule has 0 saturated heterocycles. The summed E-state index contributed by atoms with van der Waals surface area (Å²) in [5, 5.41) is 3.37. The normalized spacial score (nSPS) is 14.4. The van der Waals surface area contributed by atoms with Crippen LogP contribution < -0.4 is 10.1 Å². The summed E-state index contributed by atoms with van der Waals surface area (Å²) in [7, 11) is 1.98. The van der Waals surface area contributed by atoms with Gasteiger partial charge < -0.3 is 14.8 Å². The Balaban J connectivity index is 2.88. The van der Waals surface area contributed by atoms with Crippen molar-refractivity contribution in [3.63, 3.8) is 0 Å². The molecule has 1 aromatic carbocycles. The Bertz CT molecular complexity index is 348. The van der Waals surface area contributed by atoms with Crippen LogP contribution in [0.5, 0.6) is 5.75 Å². The number of ether oxygens (including phenoxy) is 2. The fourth-order valence-electron chi connectivity index (χ4n) is 2.32. The van der Waals surface area contributed by atoms with Crippen molar-refractivity contribution in [3.8, 4) is 5.75 Å². The van der Waals surface area contributed by atoms with Crippen LogP contribution in [0.2, 0.25) is 0 Å². The molecule has 2 atom stereocenters. The van der Waals surface area contributed by atoms with E-state index >= 15 is 0 Å². The summed E-state index contributed by atoms with van der Waals surface area (Å²) in [5.41, 5.74) is 1.23. The average molecular weight is 265 g/mol. The van der Waals surface area contributed by atoms with Crippen LogP contribution in [0, 0.1) is 5.92 Å². The van der Waals surface area contributed by atoms with Crippen LogP contribution in [0.3, 0.4) is 0 Å². The first-order valence-corrected chi connectivity index (χ1v) is 7.15. The zero-order valence-corrected chi connectivity index (χ0v) is 12.8. The molecule has 0 fully saturated rings. The number of benzene rings is 1. The van der Waals surface area contributed by atoms with Gasteiger partial charge in [-0.05, 0) is 44.5 Å². The summed E-state index contributed by atoms with van der Waals surface area (Å²) in [4.78, 5) is 0. The third-order valence-corrected chi connectivity index (χ3v) is 3.21. The highest BCUT2D eigenvalue weighted by atomic mass is 16.5. The number of hydrogen-bond donors (Lipinski definition) is 1. The lowest BCUT2D eigenvalue weighted by Gasteiger charge is -2.30. The monoisotopic (exact) mass is 265 g/mol. The minimum absolute atomic E-state index is 0.174. The quantitative estimate of drug-likeness (QED) is 0.781. The van der Waals surface area contributed by atoms with Gasteiger partial charge in [0, 0.05) is 6.61 Å². The minimum atomic E-state index is 0.174. The largest absolute Gasteiger partial charge is 0.494 e. The van der Waals surface area contributed by atoms with E-state index in [-0.39, 0.29) is 12.1 Å². The van der Waals surface area contributed by atoms with E-state index in [9.17, 15) is 0 Å². The summed E-state index contributed by atoms with van der Waals surface area (Å²) in [5.74, 6) is 1.38. The lowest BCUT2D eigenvalue weighted by Crippen LogP contribution is -2.35. The highest BCUT2D eigenvalue weighted by Crippen LogP contribution is 2.26. The molecule has 0 radical (unpaired) electrons. The molecule has 0 amide bonds. The first-order chi connectivity index (χ1) is 9.13. The van der Waals surface area contributed by atoms with Crippen molar-refractivity contribution in [2.45, 2.75) is 39.8 Å². The van der Waals surface area contributed by atoms with Crippen LogP contribution >= 0.6 is 0 Å². The van der Waals surface area contributed by atoms with E-state index in [4.69, 9.17) is 9.47 Å². The maximum Gasteiger partial charge on any atom is 0.119 e. The van der Waals surface area contributed by atoms with Crippen LogP contribution in [0.15, 0.2) is 24.3 Å². The van der Waals surface area contributed by atoms with Crippen molar-refractivity contribution in [2.75, 3.05) is 20.3 Å². The van der Waals surface area contributed by atoms with Crippen molar-refractivity contribution in [3.05, 3.63) is 29.8 Å². The van der Waals surface area contributed by atoms with Crippen LogP contribution in [0.4, 0.5) is 0 Å². The van der Waals surface area contributed by atoms with Gasteiger partial charge in [-0.25, -0.2) is 0 Å². The zero-order chi connectivity index (χ0) is 14.3. The predicted octanol–water partition coefficient (Wildman–Crippen LogP) is 3.41. The Morgan fingerprint density at radius 3 is 2.11 bits per heavy atom. The third kappa shape index (κ3) is 4.51. The van der Waals surface area contributed by atoms with Crippen molar-refractivity contribution in [1.29, 1.82) is 0 Å². The molecule has 19 heavy (non-hydrogen) atoms. The van der Waals surface area contributed by atoms with E-state index < -0.39 is 0 Å². The van der Waals surface area contributed by atoms with Gasteiger partial charge in [0.15, 0.2) is 0 Å². The molecule has 1 N–H and O–H groups in total. The molecule has 0 heterocycles. The van der Waals surface area contributed by atoms with Gasteiger partial charge in [-0.15, -0.1) is 0 Å². The summed E-state index contributed by atoms with van der Waals surface area (Å²) in [6.07, 6.45) is 0.174. The number of likely N-dealkylation sites (N-methyl/N-ethyl adjacent to an activating group) is 1. The Labute approximate surface area is 117 Å². The Kier molecular flexibility index (Phi) is 6.89. The van der Waals surface area contributed by atoms with E-state index in [1.807, 2.05) is 33.0 Å². The fraction of sp³-hybridized carbons (Fsp3) is 0.625. The topological polar surface area (TPSA) is 30.5 Å². The molecule has 0 aliphatic heterocycles. The molecule has 1 aromatic rings. The van der Waals surface area contributed by atoms with E-state index in [1.54, 1.807) is 0 Å². The maximum absolute atomic E-state index is 5.89.